The molecule has 0 aliphatic carbocycles. The molecule has 82 valence electrons. The molecule has 3 nitrogen and oxygen atoms in total. The maximum absolute atomic E-state index is 4.17. The highest BCUT2D eigenvalue weighted by molar-refractivity contribution is 5.43. The molecule has 0 N–H and O–H groups in total. The van der Waals surface area contributed by atoms with Crippen molar-refractivity contribution in [1.82, 2.24) is 9.88 Å². The smallest absolute Gasteiger partial charge is 0.0553 e. The first-order valence-electron chi connectivity index (χ1n) is 5.77. The van der Waals surface area contributed by atoms with Crippen LogP contribution in [0.3, 0.4) is 0 Å². The molecule has 1 aromatic rings. The molecule has 1 aromatic heterocycles. The number of hydrogen-bond donors (Lipinski definition) is 0. The Hall–Kier alpha value is -1.09. The summed E-state index contributed by atoms with van der Waals surface area (Å²) < 4.78 is 0. The second-order valence-corrected chi connectivity index (χ2v) is 3.99. The molecule has 0 radical (unpaired) electrons. The van der Waals surface area contributed by atoms with Gasteiger partial charge in [0.2, 0.25) is 0 Å². The standard InChI is InChI=1S/C12H19N3/c1-2-14-7-4-8-15(10-9-14)12-5-3-6-13-11-12/h3,5-6,11H,2,4,7-10H2,1H3. The van der Waals surface area contributed by atoms with Gasteiger partial charge in [-0.1, -0.05) is 6.92 Å². The summed E-state index contributed by atoms with van der Waals surface area (Å²) in [5, 5.41) is 0. The number of pyridine rings is 1. The maximum atomic E-state index is 4.17. The van der Waals surface area contributed by atoms with Crippen LogP contribution in [0, 0.1) is 0 Å². The molecule has 0 atom stereocenters. The van der Waals surface area contributed by atoms with Crippen molar-refractivity contribution in [2.75, 3.05) is 37.6 Å². The van der Waals surface area contributed by atoms with Crippen LogP contribution in [0.2, 0.25) is 0 Å². The van der Waals surface area contributed by atoms with Crippen molar-refractivity contribution >= 4 is 5.69 Å². The van der Waals surface area contributed by atoms with Gasteiger partial charge in [0.1, 0.15) is 0 Å². The van der Waals surface area contributed by atoms with Gasteiger partial charge >= 0.3 is 0 Å². The van der Waals surface area contributed by atoms with Crippen LogP contribution in [0.15, 0.2) is 24.5 Å². The van der Waals surface area contributed by atoms with E-state index in [1.54, 1.807) is 0 Å². The minimum atomic E-state index is 1.12. The van der Waals surface area contributed by atoms with Crippen LogP contribution < -0.4 is 4.90 Å². The Bertz CT molecular complexity index is 286. The average molecular weight is 205 g/mol. The summed E-state index contributed by atoms with van der Waals surface area (Å²) in [6.07, 6.45) is 5.05. The molecular formula is C12H19N3. The molecule has 2 rings (SSSR count). The van der Waals surface area contributed by atoms with Crippen molar-refractivity contribution in [3.05, 3.63) is 24.5 Å². The van der Waals surface area contributed by atoms with E-state index < -0.39 is 0 Å². The number of likely N-dealkylation sites (N-methyl/N-ethyl adjacent to an activating group) is 1. The Balaban J connectivity index is 2.00. The van der Waals surface area contributed by atoms with Gasteiger partial charge in [0.05, 0.1) is 11.9 Å². The number of anilines is 1. The number of hydrogen-bond acceptors (Lipinski definition) is 3. The highest BCUT2D eigenvalue weighted by atomic mass is 15.2. The molecule has 0 bridgehead atoms. The molecule has 15 heavy (non-hydrogen) atoms. The van der Waals surface area contributed by atoms with Gasteiger partial charge in [0.15, 0.2) is 0 Å². The molecule has 0 aromatic carbocycles. The van der Waals surface area contributed by atoms with E-state index in [1.165, 1.54) is 31.7 Å². The molecule has 1 fully saturated rings. The highest BCUT2D eigenvalue weighted by Gasteiger charge is 2.13. The predicted molar refractivity (Wildman–Crippen MR) is 63.2 cm³/mol. The first kappa shape index (κ1) is 10.4. The fraction of sp³-hybridized carbons (Fsp3) is 0.583. The third-order valence-electron chi connectivity index (χ3n) is 3.05. The fourth-order valence-corrected chi connectivity index (χ4v) is 2.09. The van der Waals surface area contributed by atoms with Gasteiger partial charge in [0, 0.05) is 25.8 Å². The Morgan fingerprint density at radius 1 is 1.27 bits per heavy atom. The molecule has 1 aliphatic heterocycles. The van der Waals surface area contributed by atoms with Crippen LogP contribution >= 0.6 is 0 Å². The van der Waals surface area contributed by atoms with Crippen LogP contribution in [0.25, 0.3) is 0 Å². The van der Waals surface area contributed by atoms with Gasteiger partial charge in [-0.2, -0.15) is 0 Å². The second kappa shape index (κ2) is 5.12. The first-order valence-corrected chi connectivity index (χ1v) is 5.77. The van der Waals surface area contributed by atoms with Crippen LogP contribution in [-0.4, -0.2) is 42.6 Å². The molecular weight excluding hydrogens is 186 g/mol. The molecule has 1 saturated heterocycles. The topological polar surface area (TPSA) is 19.4 Å². The summed E-state index contributed by atoms with van der Waals surface area (Å²) in [5.41, 5.74) is 1.26. The zero-order valence-electron chi connectivity index (χ0n) is 9.39. The van der Waals surface area contributed by atoms with Gasteiger partial charge in [-0.3, -0.25) is 4.98 Å². The van der Waals surface area contributed by atoms with Crippen molar-refractivity contribution in [3.8, 4) is 0 Å². The second-order valence-electron chi connectivity index (χ2n) is 3.99. The lowest BCUT2D eigenvalue weighted by Crippen LogP contribution is -2.30. The summed E-state index contributed by atoms with van der Waals surface area (Å²) in [6, 6.07) is 4.16. The third kappa shape index (κ3) is 2.69. The largest absolute Gasteiger partial charge is 0.369 e. The van der Waals surface area contributed by atoms with E-state index in [-0.39, 0.29) is 0 Å². The van der Waals surface area contributed by atoms with Gasteiger partial charge in [-0.25, -0.2) is 0 Å². The first-order chi connectivity index (χ1) is 7.40. The fourth-order valence-electron chi connectivity index (χ4n) is 2.09. The van der Waals surface area contributed by atoms with E-state index in [9.17, 15) is 0 Å². The molecule has 1 aliphatic rings. The minimum absolute atomic E-state index is 1.12. The molecule has 2 heterocycles. The highest BCUT2D eigenvalue weighted by Crippen LogP contribution is 2.14. The Labute approximate surface area is 91.7 Å². The molecule has 0 unspecified atom stereocenters. The number of aromatic nitrogens is 1. The van der Waals surface area contributed by atoms with Gasteiger partial charge in [-0.15, -0.1) is 0 Å². The molecule has 3 heteroatoms. The number of nitrogens with zero attached hydrogens (tertiary/aromatic N) is 3. The zero-order valence-corrected chi connectivity index (χ0v) is 9.39. The van der Waals surface area contributed by atoms with E-state index in [0.29, 0.717) is 0 Å². The van der Waals surface area contributed by atoms with Gasteiger partial charge in [0.25, 0.3) is 0 Å². The van der Waals surface area contributed by atoms with Crippen LogP contribution in [0.1, 0.15) is 13.3 Å². The van der Waals surface area contributed by atoms with E-state index in [1.807, 2.05) is 18.5 Å². The summed E-state index contributed by atoms with van der Waals surface area (Å²) in [6.45, 7) is 8.08. The molecule has 0 amide bonds. The normalized spacial score (nSPS) is 18.9. The van der Waals surface area contributed by atoms with E-state index >= 15 is 0 Å². The van der Waals surface area contributed by atoms with Gasteiger partial charge in [-0.05, 0) is 31.6 Å². The number of rotatable bonds is 2. The zero-order chi connectivity index (χ0) is 10.5. The van der Waals surface area contributed by atoms with Crippen molar-refractivity contribution in [1.29, 1.82) is 0 Å². The minimum Gasteiger partial charge on any atom is -0.369 e. The molecule has 0 saturated carbocycles. The predicted octanol–water partition coefficient (Wildman–Crippen LogP) is 1.61. The SMILES string of the molecule is CCN1CCCN(c2cccnc2)CC1. The monoisotopic (exact) mass is 205 g/mol. The van der Waals surface area contributed by atoms with Crippen molar-refractivity contribution in [2.45, 2.75) is 13.3 Å². The lowest BCUT2D eigenvalue weighted by molar-refractivity contribution is 0.310. The van der Waals surface area contributed by atoms with E-state index in [0.717, 1.165) is 13.1 Å². The molecule has 0 spiro atoms. The van der Waals surface area contributed by atoms with Crippen molar-refractivity contribution in [3.63, 3.8) is 0 Å². The Morgan fingerprint density at radius 3 is 2.93 bits per heavy atom. The quantitative estimate of drug-likeness (QED) is 0.731. The van der Waals surface area contributed by atoms with E-state index in [2.05, 4.69) is 27.8 Å². The average Bonchev–Trinajstić information content (AvgIpc) is 2.55. The van der Waals surface area contributed by atoms with Crippen molar-refractivity contribution < 1.29 is 0 Å². The van der Waals surface area contributed by atoms with E-state index in [4.69, 9.17) is 0 Å². The third-order valence-corrected chi connectivity index (χ3v) is 3.05. The summed E-state index contributed by atoms with van der Waals surface area (Å²) in [7, 11) is 0. The lowest BCUT2D eigenvalue weighted by atomic mass is 10.3. The Kier molecular flexibility index (Phi) is 3.56. The van der Waals surface area contributed by atoms with Gasteiger partial charge < -0.3 is 9.80 Å². The Morgan fingerprint density at radius 2 is 2.20 bits per heavy atom. The van der Waals surface area contributed by atoms with Crippen LogP contribution in [0.4, 0.5) is 5.69 Å². The summed E-state index contributed by atoms with van der Waals surface area (Å²) in [5.74, 6) is 0. The van der Waals surface area contributed by atoms with Crippen LogP contribution in [-0.2, 0) is 0 Å². The van der Waals surface area contributed by atoms with Crippen molar-refractivity contribution in [2.24, 2.45) is 0 Å². The summed E-state index contributed by atoms with van der Waals surface area (Å²) in [4.78, 5) is 9.12. The van der Waals surface area contributed by atoms with Crippen LogP contribution in [0.5, 0.6) is 0 Å². The maximum Gasteiger partial charge on any atom is 0.0553 e. The summed E-state index contributed by atoms with van der Waals surface area (Å²) >= 11 is 0. The lowest BCUT2D eigenvalue weighted by Gasteiger charge is -2.22.